The van der Waals surface area contributed by atoms with E-state index in [2.05, 4.69) is 84.9 Å². The maximum atomic E-state index is 2.34. The standard InChI is InChI=1S/C24H18/c1-3-7-20-15-22(13-9-17(20)5-1)24(19-11-12-19)23-14-10-18-6-2-4-8-21(18)16-23/h1-10,13-16H,11-12H2. The quantitative estimate of drug-likeness (QED) is 0.392. The Morgan fingerprint density at radius 1 is 0.500 bits per heavy atom. The van der Waals surface area contributed by atoms with Crippen molar-refractivity contribution in [1.29, 1.82) is 0 Å². The molecule has 0 N–H and O–H groups in total. The number of rotatable bonds is 2. The van der Waals surface area contributed by atoms with Crippen LogP contribution in [0, 0.1) is 0 Å². The first-order valence-corrected chi connectivity index (χ1v) is 8.59. The molecule has 24 heavy (non-hydrogen) atoms. The van der Waals surface area contributed by atoms with E-state index in [0.717, 1.165) is 0 Å². The molecule has 0 heterocycles. The minimum absolute atomic E-state index is 1.23. The lowest BCUT2D eigenvalue weighted by Crippen LogP contribution is -1.89. The van der Waals surface area contributed by atoms with Crippen LogP contribution in [0.2, 0.25) is 0 Å². The van der Waals surface area contributed by atoms with E-state index >= 15 is 0 Å². The summed E-state index contributed by atoms with van der Waals surface area (Å²) in [4.78, 5) is 0. The van der Waals surface area contributed by atoms with Gasteiger partial charge in [0.2, 0.25) is 0 Å². The van der Waals surface area contributed by atoms with Gasteiger partial charge in [-0.25, -0.2) is 0 Å². The second-order valence-corrected chi connectivity index (χ2v) is 6.60. The van der Waals surface area contributed by atoms with Crippen LogP contribution >= 0.6 is 0 Å². The minimum atomic E-state index is 1.23. The van der Waals surface area contributed by atoms with Gasteiger partial charge in [-0.15, -0.1) is 0 Å². The third-order valence-electron chi connectivity index (χ3n) is 4.93. The Kier molecular flexibility index (Phi) is 3.02. The summed E-state index contributed by atoms with van der Waals surface area (Å²) in [5.74, 6) is 0. The largest absolute Gasteiger partial charge is 0.0616 e. The van der Waals surface area contributed by atoms with Gasteiger partial charge in [0.25, 0.3) is 0 Å². The van der Waals surface area contributed by atoms with Crippen LogP contribution in [0.3, 0.4) is 0 Å². The van der Waals surface area contributed by atoms with Gasteiger partial charge in [-0.3, -0.25) is 0 Å². The molecule has 0 amide bonds. The number of hydrogen-bond donors (Lipinski definition) is 0. The fourth-order valence-corrected chi connectivity index (χ4v) is 3.58. The van der Waals surface area contributed by atoms with Crippen LogP contribution < -0.4 is 0 Å². The normalized spacial score (nSPS) is 13.4. The summed E-state index contributed by atoms with van der Waals surface area (Å²) in [6, 6.07) is 30.9. The summed E-state index contributed by atoms with van der Waals surface area (Å²) < 4.78 is 0. The molecule has 0 bridgehead atoms. The van der Waals surface area contributed by atoms with Crippen molar-refractivity contribution >= 4 is 27.1 Å². The van der Waals surface area contributed by atoms with Gasteiger partial charge in [-0.1, -0.05) is 78.4 Å². The molecule has 1 saturated carbocycles. The molecule has 5 rings (SSSR count). The molecular weight excluding hydrogens is 288 g/mol. The molecule has 1 aliphatic carbocycles. The Bertz CT molecular complexity index is 1010. The fraction of sp³-hybridized carbons (Fsp3) is 0.0833. The summed E-state index contributed by atoms with van der Waals surface area (Å²) in [5, 5.41) is 5.24. The van der Waals surface area contributed by atoms with E-state index in [9.17, 15) is 0 Å². The molecule has 0 spiro atoms. The van der Waals surface area contributed by atoms with Crippen molar-refractivity contribution in [1.82, 2.24) is 0 Å². The number of hydrogen-bond acceptors (Lipinski definition) is 0. The molecule has 0 aliphatic heterocycles. The molecule has 1 fully saturated rings. The highest BCUT2D eigenvalue weighted by molar-refractivity contribution is 5.94. The Hall–Kier alpha value is -2.86. The van der Waals surface area contributed by atoms with E-state index < -0.39 is 0 Å². The lowest BCUT2D eigenvalue weighted by molar-refractivity contribution is 1.50. The molecule has 0 radical (unpaired) electrons. The highest BCUT2D eigenvalue weighted by Crippen LogP contribution is 2.41. The molecule has 4 aromatic carbocycles. The third kappa shape index (κ3) is 2.32. The molecule has 4 aromatic rings. The van der Waals surface area contributed by atoms with Crippen LogP contribution in [0.5, 0.6) is 0 Å². The topological polar surface area (TPSA) is 0 Å². The zero-order chi connectivity index (χ0) is 15.9. The van der Waals surface area contributed by atoms with Crippen molar-refractivity contribution < 1.29 is 0 Å². The summed E-state index contributed by atoms with van der Waals surface area (Å²) in [6.07, 6.45) is 2.46. The zero-order valence-corrected chi connectivity index (χ0v) is 13.5. The fourth-order valence-electron chi connectivity index (χ4n) is 3.58. The number of fused-ring (bicyclic) bond motifs is 2. The molecule has 0 saturated heterocycles. The monoisotopic (exact) mass is 306 g/mol. The Morgan fingerprint density at radius 2 is 0.958 bits per heavy atom. The summed E-state index contributed by atoms with van der Waals surface area (Å²) in [6.45, 7) is 0. The smallest absolute Gasteiger partial charge is 0.0119 e. The molecule has 0 unspecified atom stereocenters. The van der Waals surface area contributed by atoms with E-state index in [4.69, 9.17) is 0 Å². The van der Waals surface area contributed by atoms with Crippen molar-refractivity contribution in [3.63, 3.8) is 0 Å². The minimum Gasteiger partial charge on any atom is -0.0616 e. The summed E-state index contributed by atoms with van der Waals surface area (Å²) in [5.41, 5.74) is 5.71. The average Bonchev–Trinajstić information content (AvgIpc) is 3.47. The Labute approximate surface area is 142 Å². The highest BCUT2D eigenvalue weighted by atomic mass is 14.2. The molecule has 0 aromatic heterocycles. The van der Waals surface area contributed by atoms with E-state index in [1.807, 2.05) is 0 Å². The zero-order valence-electron chi connectivity index (χ0n) is 13.5. The summed E-state index contributed by atoms with van der Waals surface area (Å²) in [7, 11) is 0. The first-order valence-electron chi connectivity index (χ1n) is 8.59. The van der Waals surface area contributed by atoms with Crippen LogP contribution in [0.1, 0.15) is 24.0 Å². The molecule has 0 atom stereocenters. The average molecular weight is 306 g/mol. The molecule has 114 valence electrons. The van der Waals surface area contributed by atoms with Crippen molar-refractivity contribution in [3.8, 4) is 0 Å². The van der Waals surface area contributed by atoms with E-state index in [0.29, 0.717) is 0 Å². The number of allylic oxidation sites excluding steroid dienone is 1. The summed E-state index contributed by atoms with van der Waals surface area (Å²) >= 11 is 0. The van der Waals surface area contributed by atoms with Gasteiger partial charge in [-0.05, 0) is 63.2 Å². The Balaban J connectivity index is 1.70. The maximum absolute atomic E-state index is 2.34. The third-order valence-corrected chi connectivity index (χ3v) is 4.93. The molecule has 1 aliphatic rings. The van der Waals surface area contributed by atoms with Crippen LogP contribution in [0.25, 0.3) is 27.1 Å². The van der Waals surface area contributed by atoms with Gasteiger partial charge in [-0.2, -0.15) is 0 Å². The van der Waals surface area contributed by atoms with Crippen LogP contribution in [-0.4, -0.2) is 0 Å². The first kappa shape index (κ1) is 13.6. The van der Waals surface area contributed by atoms with Gasteiger partial charge in [0, 0.05) is 0 Å². The first-order chi connectivity index (χ1) is 11.9. The lowest BCUT2D eigenvalue weighted by Gasteiger charge is -2.11. The van der Waals surface area contributed by atoms with E-state index in [1.165, 1.54) is 51.1 Å². The van der Waals surface area contributed by atoms with Gasteiger partial charge < -0.3 is 0 Å². The Morgan fingerprint density at radius 3 is 1.42 bits per heavy atom. The molecule has 0 heteroatoms. The van der Waals surface area contributed by atoms with Gasteiger partial charge in [0.05, 0.1) is 0 Å². The second-order valence-electron chi connectivity index (χ2n) is 6.60. The van der Waals surface area contributed by atoms with Crippen LogP contribution in [0.15, 0.2) is 90.5 Å². The predicted molar refractivity (Wildman–Crippen MR) is 103 cm³/mol. The van der Waals surface area contributed by atoms with E-state index in [-0.39, 0.29) is 0 Å². The van der Waals surface area contributed by atoms with Crippen molar-refractivity contribution in [2.24, 2.45) is 0 Å². The molecular formula is C24H18. The maximum Gasteiger partial charge on any atom is -0.0119 e. The SMILES string of the molecule is c1ccc2cc(C(=C3CC3)c3ccc4ccccc4c3)ccc2c1. The van der Waals surface area contributed by atoms with Gasteiger partial charge in [0.1, 0.15) is 0 Å². The van der Waals surface area contributed by atoms with Crippen molar-refractivity contribution in [3.05, 3.63) is 102 Å². The van der Waals surface area contributed by atoms with E-state index in [1.54, 1.807) is 5.57 Å². The van der Waals surface area contributed by atoms with Crippen molar-refractivity contribution in [2.75, 3.05) is 0 Å². The van der Waals surface area contributed by atoms with Crippen molar-refractivity contribution in [2.45, 2.75) is 12.8 Å². The molecule has 0 nitrogen and oxygen atoms in total. The highest BCUT2D eigenvalue weighted by Gasteiger charge is 2.20. The lowest BCUT2D eigenvalue weighted by atomic mass is 9.93. The van der Waals surface area contributed by atoms with Crippen LogP contribution in [0.4, 0.5) is 0 Å². The van der Waals surface area contributed by atoms with Gasteiger partial charge >= 0.3 is 0 Å². The number of benzene rings is 4. The second kappa shape index (κ2) is 5.35. The predicted octanol–water partition coefficient (Wildman–Crippen LogP) is 6.59. The van der Waals surface area contributed by atoms with Crippen LogP contribution in [-0.2, 0) is 0 Å². The van der Waals surface area contributed by atoms with Gasteiger partial charge in [0.15, 0.2) is 0 Å².